The molecule has 1 heterocycles. The van der Waals surface area contributed by atoms with Crippen LogP contribution in [0, 0.1) is 0 Å². The van der Waals surface area contributed by atoms with Gasteiger partial charge < -0.3 is 17.2 Å². The highest BCUT2D eigenvalue weighted by molar-refractivity contribution is 7.08. The maximum atomic E-state index is 6.72. The van der Waals surface area contributed by atoms with Crippen LogP contribution in [0.5, 0.6) is 0 Å². The van der Waals surface area contributed by atoms with Crippen LogP contribution in [0.3, 0.4) is 0 Å². The quantitative estimate of drug-likeness (QED) is 0.624. The Hall–Kier alpha value is -2.30. The predicted octanol–water partition coefficient (Wildman–Crippen LogP) is 4.31. The van der Waals surface area contributed by atoms with Gasteiger partial charge in [-0.3, -0.25) is 0 Å². The Morgan fingerprint density at radius 1 is 1.00 bits per heavy atom. The molecule has 2 atom stereocenters. The number of benzene rings is 2. The lowest BCUT2D eigenvalue weighted by molar-refractivity contribution is 0.553. The van der Waals surface area contributed by atoms with E-state index in [0.29, 0.717) is 5.92 Å². The summed E-state index contributed by atoms with van der Waals surface area (Å²) in [6.07, 6.45) is 2.21. The van der Waals surface area contributed by atoms with Gasteiger partial charge in [-0.15, -0.1) is 0 Å². The summed E-state index contributed by atoms with van der Waals surface area (Å²) in [6, 6.07) is 14.2. The summed E-state index contributed by atoms with van der Waals surface area (Å²) in [7, 11) is 0. The maximum Gasteiger partial charge on any atom is 0.0395 e. The smallest absolute Gasteiger partial charge is 0.0395 e. The van der Waals surface area contributed by atoms with Crippen LogP contribution in [-0.4, -0.2) is 0 Å². The molecule has 0 amide bonds. The largest absolute Gasteiger partial charge is 0.399 e. The fourth-order valence-electron chi connectivity index (χ4n) is 3.77. The molecule has 1 aliphatic carbocycles. The molecule has 2 unspecified atom stereocenters. The molecule has 0 bridgehead atoms. The van der Waals surface area contributed by atoms with Crippen molar-refractivity contribution >= 4 is 22.7 Å². The van der Waals surface area contributed by atoms with Crippen LogP contribution in [0.15, 0.2) is 53.2 Å². The van der Waals surface area contributed by atoms with Gasteiger partial charge in [0.1, 0.15) is 0 Å². The Kier molecular flexibility index (Phi) is 3.79. The summed E-state index contributed by atoms with van der Waals surface area (Å²) < 4.78 is 0. The predicted molar refractivity (Wildman–Crippen MR) is 103 cm³/mol. The van der Waals surface area contributed by atoms with E-state index in [1.165, 1.54) is 16.7 Å². The maximum absolute atomic E-state index is 6.72. The van der Waals surface area contributed by atoms with Gasteiger partial charge in [-0.25, -0.2) is 0 Å². The molecule has 0 fully saturated rings. The van der Waals surface area contributed by atoms with Crippen molar-refractivity contribution in [3.8, 4) is 11.1 Å². The van der Waals surface area contributed by atoms with Crippen molar-refractivity contribution in [2.24, 2.45) is 5.73 Å². The van der Waals surface area contributed by atoms with Gasteiger partial charge >= 0.3 is 0 Å². The number of thiophene rings is 1. The van der Waals surface area contributed by atoms with Crippen LogP contribution in [0.4, 0.5) is 11.4 Å². The summed E-state index contributed by atoms with van der Waals surface area (Å²) in [4.78, 5) is 0. The molecule has 24 heavy (non-hydrogen) atoms. The lowest BCUT2D eigenvalue weighted by Gasteiger charge is -2.22. The number of hydrogen-bond donors (Lipinski definition) is 3. The van der Waals surface area contributed by atoms with E-state index in [9.17, 15) is 0 Å². The minimum Gasteiger partial charge on any atom is -0.399 e. The first kappa shape index (κ1) is 15.2. The van der Waals surface area contributed by atoms with Gasteiger partial charge in [0.25, 0.3) is 0 Å². The van der Waals surface area contributed by atoms with Gasteiger partial charge in [0.2, 0.25) is 0 Å². The van der Waals surface area contributed by atoms with Gasteiger partial charge in [-0.2, -0.15) is 11.3 Å². The lowest BCUT2D eigenvalue weighted by Crippen LogP contribution is -2.18. The van der Waals surface area contributed by atoms with Crippen molar-refractivity contribution in [2.75, 3.05) is 11.5 Å². The zero-order chi connectivity index (χ0) is 16.7. The number of anilines is 2. The number of hydrogen-bond acceptors (Lipinski definition) is 4. The number of nitrogen functional groups attached to an aromatic ring is 2. The molecular formula is C20H21N3S. The first-order valence-corrected chi connectivity index (χ1v) is 9.14. The molecule has 0 aliphatic heterocycles. The van der Waals surface area contributed by atoms with Crippen molar-refractivity contribution in [3.63, 3.8) is 0 Å². The van der Waals surface area contributed by atoms with Crippen molar-refractivity contribution in [3.05, 3.63) is 69.9 Å². The summed E-state index contributed by atoms with van der Waals surface area (Å²) >= 11 is 1.67. The number of rotatable bonds is 3. The topological polar surface area (TPSA) is 78.1 Å². The van der Waals surface area contributed by atoms with Crippen molar-refractivity contribution in [1.82, 2.24) is 0 Å². The van der Waals surface area contributed by atoms with Gasteiger partial charge in [0, 0.05) is 28.9 Å². The molecule has 0 radical (unpaired) electrons. The zero-order valence-corrected chi connectivity index (χ0v) is 14.2. The third-order valence-electron chi connectivity index (χ3n) is 5.03. The number of fused-ring (bicyclic) bond motifs is 1. The molecule has 1 aliphatic rings. The second kappa shape index (κ2) is 5.96. The monoisotopic (exact) mass is 335 g/mol. The van der Waals surface area contributed by atoms with E-state index in [0.717, 1.165) is 35.3 Å². The molecule has 3 nitrogen and oxygen atoms in total. The van der Waals surface area contributed by atoms with Crippen LogP contribution in [0.25, 0.3) is 11.1 Å². The highest BCUT2D eigenvalue weighted by Gasteiger charge is 2.30. The summed E-state index contributed by atoms with van der Waals surface area (Å²) in [5.74, 6) is 0.358. The molecule has 4 rings (SSSR count). The van der Waals surface area contributed by atoms with Crippen LogP contribution in [0.2, 0.25) is 0 Å². The third kappa shape index (κ3) is 2.48. The number of nitrogens with two attached hydrogens (primary N) is 3. The Bertz CT molecular complexity index is 884. The van der Waals surface area contributed by atoms with E-state index < -0.39 is 0 Å². The van der Waals surface area contributed by atoms with Crippen molar-refractivity contribution in [1.29, 1.82) is 0 Å². The minimum absolute atomic E-state index is 0.0317. The molecular weight excluding hydrogens is 314 g/mol. The van der Waals surface area contributed by atoms with Crippen LogP contribution < -0.4 is 17.2 Å². The van der Waals surface area contributed by atoms with Gasteiger partial charge in [-0.05, 0) is 64.1 Å². The standard InChI is InChI=1S/C20H21N3S/c21-13-6-8-19(22)16(9-13)17-10-24-11-18(17)20(23)15-7-5-12-3-1-2-4-14(12)15/h1-4,6,8-11,15,20H,5,7,21-23H2. The third-order valence-corrected chi connectivity index (χ3v) is 5.79. The Labute approximate surface area is 146 Å². The van der Waals surface area contributed by atoms with Gasteiger partial charge in [-0.1, -0.05) is 24.3 Å². The second-order valence-electron chi connectivity index (χ2n) is 6.46. The van der Waals surface area contributed by atoms with E-state index in [2.05, 4.69) is 35.0 Å². The first-order chi connectivity index (χ1) is 11.6. The van der Waals surface area contributed by atoms with Crippen molar-refractivity contribution < 1.29 is 0 Å². The molecule has 0 spiro atoms. The summed E-state index contributed by atoms with van der Waals surface area (Å²) in [5.41, 5.74) is 26.4. The molecule has 6 N–H and O–H groups in total. The van der Waals surface area contributed by atoms with Gasteiger partial charge in [0.15, 0.2) is 0 Å². The van der Waals surface area contributed by atoms with E-state index in [1.807, 2.05) is 18.2 Å². The second-order valence-corrected chi connectivity index (χ2v) is 7.20. The van der Waals surface area contributed by atoms with E-state index in [4.69, 9.17) is 17.2 Å². The van der Waals surface area contributed by atoms with Gasteiger partial charge in [0.05, 0.1) is 0 Å². The van der Waals surface area contributed by atoms with E-state index in [-0.39, 0.29) is 6.04 Å². The fraction of sp³-hybridized carbons (Fsp3) is 0.200. The fourth-order valence-corrected chi connectivity index (χ4v) is 4.67. The minimum atomic E-state index is -0.0317. The van der Waals surface area contributed by atoms with Crippen LogP contribution in [-0.2, 0) is 6.42 Å². The average Bonchev–Trinajstić information content (AvgIpc) is 3.23. The Balaban J connectivity index is 1.74. The SMILES string of the molecule is Nc1ccc(N)c(-c2cscc2C(N)C2CCc3ccccc32)c1. The molecule has 2 aromatic carbocycles. The number of aryl methyl sites for hydroxylation is 1. The highest BCUT2D eigenvalue weighted by Crippen LogP contribution is 2.44. The first-order valence-electron chi connectivity index (χ1n) is 8.20. The average molecular weight is 335 g/mol. The van der Waals surface area contributed by atoms with Crippen LogP contribution >= 0.6 is 11.3 Å². The highest BCUT2D eigenvalue weighted by atomic mass is 32.1. The van der Waals surface area contributed by atoms with Crippen molar-refractivity contribution in [2.45, 2.75) is 24.8 Å². The molecule has 122 valence electrons. The molecule has 3 aromatic rings. The van der Waals surface area contributed by atoms with Crippen LogP contribution in [0.1, 0.15) is 35.1 Å². The molecule has 0 saturated heterocycles. The zero-order valence-electron chi connectivity index (χ0n) is 13.4. The summed E-state index contributed by atoms with van der Waals surface area (Å²) in [6.45, 7) is 0. The molecule has 0 saturated carbocycles. The molecule has 1 aromatic heterocycles. The molecule has 4 heteroatoms. The lowest BCUT2D eigenvalue weighted by atomic mass is 9.87. The Morgan fingerprint density at radius 3 is 2.71 bits per heavy atom. The Morgan fingerprint density at radius 2 is 1.83 bits per heavy atom. The normalized spacial score (nSPS) is 17.6. The van der Waals surface area contributed by atoms with E-state index >= 15 is 0 Å². The summed E-state index contributed by atoms with van der Waals surface area (Å²) in [5, 5.41) is 4.28. The van der Waals surface area contributed by atoms with E-state index in [1.54, 1.807) is 11.3 Å².